The number of rotatable bonds is 6. The van der Waals surface area contributed by atoms with E-state index in [1.54, 1.807) is 7.11 Å². The third kappa shape index (κ3) is 8.37. The fraction of sp³-hybridized carbons (Fsp3) is 0.107. The van der Waals surface area contributed by atoms with E-state index in [1.165, 1.54) is 37.6 Å². The Bertz CT molecular complexity index is 1180. The highest BCUT2D eigenvalue weighted by atomic mass is 32.1. The van der Waals surface area contributed by atoms with E-state index in [-0.39, 0.29) is 0 Å². The van der Waals surface area contributed by atoms with E-state index in [2.05, 4.69) is 97.9 Å². The molecule has 0 aliphatic heterocycles. The highest BCUT2D eigenvalue weighted by molar-refractivity contribution is 7.16. The Morgan fingerprint density at radius 3 is 1.83 bits per heavy atom. The van der Waals surface area contributed by atoms with E-state index in [0.29, 0.717) is 0 Å². The summed E-state index contributed by atoms with van der Waals surface area (Å²) < 4.78 is 44.3. The van der Waals surface area contributed by atoms with Crippen molar-refractivity contribution in [1.29, 1.82) is 0 Å². The van der Waals surface area contributed by atoms with Gasteiger partial charge in [0, 0.05) is 23.8 Å². The van der Waals surface area contributed by atoms with Gasteiger partial charge in [0.2, 0.25) is 21.1 Å². The second-order valence-corrected chi connectivity index (χ2v) is 8.71. The molecule has 0 saturated heterocycles. The van der Waals surface area contributed by atoms with Crippen LogP contribution in [-0.2, 0) is 0 Å². The second-order valence-electron chi connectivity index (χ2n) is 7.59. The molecule has 0 unspecified atom stereocenters. The van der Waals surface area contributed by atoms with Crippen LogP contribution in [0.3, 0.4) is 0 Å². The van der Waals surface area contributed by atoms with Gasteiger partial charge in [-0.25, -0.2) is 0 Å². The first kappa shape index (κ1) is 26.2. The number of methoxy groups -OCH3 is 1. The van der Waals surface area contributed by atoms with Gasteiger partial charge in [0.1, 0.15) is 5.75 Å². The SMILES string of the molecule is CCC(=Cc1cc(-c2ccccc2)cc(-c2ccccc2)[s+]1)c1ccc(OC)cc1.F[B-](F)(F)F. The monoisotopic (exact) mass is 496 g/mol. The average Bonchev–Trinajstić information content (AvgIpc) is 2.87. The van der Waals surface area contributed by atoms with Crippen molar-refractivity contribution in [3.05, 3.63) is 108 Å². The van der Waals surface area contributed by atoms with Gasteiger partial charge in [-0.1, -0.05) is 67.6 Å². The lowest BCUT2D eigenvalue weighted by molar-refractivity contribution is 0.368. The van der Waals surface area contributed by atoms with Gasteiger partial charge < -0.3 is 22.0 Å². The van der Waals surface area contributed by atoms with E-state index in [4.69, 9.17) is 4.74 Å². The molecule has 0 radical (unpaired) electrons. The van der Waals surface area contributed by atoms with E-state index >= 15 is 0 Å². The smallest absolute Gasteiger partial charge is 0.497 e. The third-order valence-corrected chi connectivity index (χ3v) is 6.18. The maximum absolute atomic E-state index is 9.75. The fourth-order valence-corrected chi connectivity index (χ4v) is 4.58. The van der Waals surface area contributed by atoms with Crippen LogP contribution >= 0.6 is 11.3 Å². The molecule has 180 valence electrons. The molecule has 1 nitrogen and oxygen atoms in total. The van der Waals surface area contributed by atoms with Crippen molar-refractivity contribution in [2.75, 3.05) is 7.11 Å². The van der Waals surface area contributed by atoms with Crippen LogP contribution < -0.4 is 4.74 Å². The van der Waals surface area contributed by atoms with Crippen LogP contribution in [0.15, 0.2) is 97.1 Å². The molecule has 7 heteroatoms. The van der Waals surface area contributed by atoms with E-state index in [9.17, 15) is 17.3 Å². The normalized spacial score (nSPS) is 11.4. The summed E-state index contributed by atoms with van der Waals surface area (Å²) >= 11 is 1.83. The number of hydrogen-bond acceptors (Lipinski definition) is 1. The number of benzene rings is 3. The van der Waals surface area contributed by atoms with Crippen LogP contribution in [0.2, 0.25) is 0 Å². The number of hydrogen-bond donors (Lipinski definition) is 0. The van der Waals surface area contributed by atoms with Crippen LogP contribution in [0, 0.1) is 0 Å². The van der Waals surface area contributed by atoms with Crippen molar-refractivity contribution in [3.8, 4) is 27.3 Å². The first-order valence-electron chi connectivity index (χ1n) is 11.1. The van der Waals surface area contributed by atoms with Gasteiger partial charge in [-0.15, -0.1) is 0 Å². The lowest BCUT2D eigenvalue weighted by atomic mass is 10.0. The summed E-state index contributed by atoms with van der Waals surface area (Å²) in [6.07, 6.45) is 3.29. The van der Waals surface area contributed by atoms with E-state index < -0.39 is 7.25 Å². The van der Waals surface area contributed by atoms with Crippen LogP contribution in [-0.4, -0.2) is 14.4 Å². The molecule has 0 amide bonds. The Kier molecular flexibility index (Phi) is 9.21. The van der Waals surface area contributed by atoms with E-state index in [0.717, 1.165) is 12.2 Å². The molecule has 0 bridgehead atoms. The van der Waals surface area contributed by atoms with Gasteiger partial charge in [0.25, 0.3) is 0 Å². The van der Waals surface area contributed by atoms with E-state index in [1.807, 2.05) is 23.5 Å². The molecule has 35 heavy (non-hydrogen) atoms. The molecule has 1 aromatic heterocycles. The summed E-state index contributed by atoms with van der Waals surface area (Å²) in [5.41, 5.74) is 6.27. The predicted molar refractivity (Wildman–Crippen MR) is 141 cm³/mol. The molecule has 0 atom stereocenters. The van der Waals surface area contributed by atoms with Crippen LogP contribution in [0.25, 0.3) is 33.2 Å². The average molecular weight is 496 g/mol. The molecule has 0 spiro atoms. The molecular weight excluding hydrogens is 471 g/mol. The molecule has 1 heterocycles. The highest BCUT2D eigenvalue weighted by Gasteiger charge is 2.20. The van der Waals surface area contributed by atoms with Crippen molar-refractivity contribution in [1.82, 2.24) is 0 Å². The summed E-state index contributed by atoms with van der Waals surface area (Å²) in [6, 6.07) is 34.1. The first-order chi connectivity index (χ1) is 16.8. The molecular formula is C28H25BF4OS. The Morgan fingerprint density at radius 2 is 1.31 bits per heavy atom. The summed E-state index contributed by atoms with van der Waals surface area (Å²) in [4.78, 5) is 2.52. The minimum absolute atomic E-state index is 0.884. The zero-order valence-corrected chi connectivity index (χ0v) is 20.2. The van der Waals surface area contributed by atoms with Crippen molar-refractivity contribution < 1.29 is 22.0 Å². The van der Waals surface area contributed by atoms with Gasteiger partial charge in [0.05, 0.1) is 7.11 Å². The number of allylic oxidation sites excluding steroid dienone is 1. The summed E-state index contributed by atoms with van der Waals surface area (Å²) in [5, 5.41) is 0. The van der Waals surface area contributed by atoms with Crippen molar-refractivity contribution in [3.63, 3.8) is 0 Å². The lowest BCUT2D eigenvalue weighted by Gasteiger charge is -2.06. The zero-order valence-electron chi connectivity index (χ0n) is 19.4. The van der Waals surface area contributed by atoms with Crippen LogP contribution in [0.1, 0.15) is 23.8 Å². The Labute approximate surface area is 207 Å². The molecule has 0 saturated carbocycles. The third-order valence-electron chi connectivity index (χ3n) is 5.14. The molecule has 0 aliphatic carbocycles. The molecule has 4 aromatic rings. The zero-order chi connectivity index (χ0) is 25.3. The lowest BCUT2D eigenvalue weighted by Crippen LogP contribution is -2.02. The molecule has 4 rings (SSSR count). The molecule has 0 fully saturated rings. The number of halogens is 4. The topological polar surface area (TPSA) is 9.23 Å². The molecule has 3 aromatic carbocycles. The summed E-state index contributed by atoms with van der Waals surface area (Å²) in [5.74, 6) is 0.884. The van der Waals surface area contributed by atoms with Gasteiger partial charge in [-0.05, 0) is 52.9 Å². The molecule has 0 N–H and O–H groups in total. The second kappa shape index (κ2) is 12.3. The van der Waals surface area contributed by atoms with Crippen molar-refractivity contribution in [2.24, 2.45) is 0 Å². The first-order valence-corrected chi connectivity index (χ1v) is 11.9. The van der Waals surface area contributed by atoms with Gasteiger partial charge >= 0.3 is 7.25 Å². The van der Waals surface area contributed by atoms with Crippen molar-refractivity contribution >= 4 is 30.2 Å². The Hall–Kier alpha value is -3.45. The Balaban J connectivity index is 0.000000623. The predicted octanol–water partition coefficient (Wildman–Crippen LogP) is 9.62. The van der Waals surface area contributed by atoms with Gasteiger partial charge in [-0.3, -0.25) is 0 Å². The van der Waals surface area contributed by atoms with Gasteiger partial charge in [0.15, 0.2) is 0 Å². The van der Waals surface area contributed by atoms with Crippen molar-refractivity contribution in [2.45, 2.75) is 13.3 Å². The fourth-order valence-electron chi connectivity index (χ4n) is 3.50. The van der Waals surface area contributed by atoms with Gasteiger partial charge in [-0.2, -0.15) is 0 Å². The summed E-state index contributed by atoms with van der Waals surface area (Å²) in [7, 11) is -4.30. The number of ether oxygens (including phenoxy) is 1. The van der Waals surface area contributed by atoms with Crippen LogP contribution in [0.4, 0.5) is 17.3 Å². The molecule has 0 aliphatic rings. The maximum Gasteiger partial charge on any atom is 0.673 e. The standard InChI is InChI=1S/C28H25OS.BF4/c1-3-21(23-14-16-26(29-2)17-15-23)18-27-19-25(22-10-6-4-7-11-22)20-28(30-27)24-12-8-5-9-13-24;2-1(3,4)5/h4-20H,3H2,1-2H3;/q+1;-1. The quantitative estimate of drug-likeness (QED) is 0.147. The van der Waals surface area contributed by atoms with Crippen LogP contribution in [0.5, 0.6) is 5.75 Å². The minimum atomic E-state index is -6.00. The summed E-state index contributed by atoms with van der Waals surface area (Å²) in [6.45, 7) is 2.21. The minimum Gasteiger partial charge on any atom is -0.497 e. The maximum atomic E-state index is 9.75. The highest BCUT2D eigenvalue weighted by Crippen LogP contribution is 2.35. The largest absolute Gasteiger partial charge is 0.673 e. The Morgan fingerprint density at radius 1 is 0.771 bits per heavy atom.